The lowest BCUT2D eigenvalue weighted by Gasteiger charge is -2.33. The summed E-state index contributed by atoms with van der Waals surface area (Å²) in [7, 11) is 0. The molecule has 0 aromatic heterocycles. The van der Waals surface area contributed by atoms with E-state index >= 15 is 0 Å². The Morgan fingerprint density at radius 3 is 2.33 bits per heavy atom. The third-order valence-corrected chi connectivity index (χ3v) is 3.82. The number of alkyl halides is 3. The zero-order valence-corrected chi connectivity index (χ0v) is 12.0. The molecular formula is C14H15F3N2OS. The molecule has 1 unspecified atom stereocenters. The predicted molar refractivity (Wildman–Crippen MR) is 77.0 cm³/mol. The third-order valence-electron chi connectivity index (χ3n) is 3.59. The van der Waals surface area contributed by atoms with E-state index in [9.17, 15) is 18.0 Å². The molecule has 3 nitrogen and oxygen atoms in total. The Balaban J connectivity index is 2.10. The summed E-state index contributed by atoms with van der Waals surface area (Å²) in [5.74, 6) is -1.83. The lowest BCUT2D eigenvalue weighted by Crippen LogP contribution is -2.44. The van der Waals surface area contributed by atoms with E-state index in [1.54, 1.807) is 12.1 Å². The molecule has 1 saturated heterocycles. The maximum absolute atomic E-state index is 12.8. The molecule has 2 rings (SSSR count). The molecule has 1 fully saturated rings. The second-order valence-electron chi connectivity index (χ2n) is 5.07. The molecular weight excluding hydrogens is 301 g/mol. The summed E-state index contributed by atoms with van der Waals surface area (Å²) >= 11 is 4.81. The van der Waals surface area contributed by atoms with E-state index < -0.39 is 18.0 Å². The van der Waals surface area contributed by atoms with Crippen LogP contribution in [0.1, 0.15) is 28.8 Å². The van der Waals surface area contributed by atoms with E-state index in [4.69, 9.17) is 18.0 Å². The van der Waals surface area contributed by atoms with E-state index in [1.807, 2.05) is 0 Å². The number of hydrogen-bond acceptors (Lipinski definition) is 2. The summed E-state index contributed by atoms with van der Waals surface area (Å²) < 4.78 is 38.3. The number of halogens is 3. The van der Waals surface area contributed by atoms with Crippen molar-refractivity contribution < 1.29 is 18.0 Å². The third kappa shape index (κ3) is 3.72. The van der Waals surface area contributed by atoms with E-state index in [2.05, 4.69) is 0 Å². The number of amides is 1. The Morgan fingerprint density at radius 2 is 1.81 bits per heavy atom. The molecule has 1 aliphatic rings. The number of rotatable bonds is 2. The number of carbonyl (C=O) groups excluding carboxylic acids is 1. The summed E-state index contributed by atoms with van der Waals surface area (Å²) in [5.41, 5.74) is 6.42. The molecule has 1 aromatic rings. The van der Waals surface area contributed by atoms with Crippen molar-refractivity contribution in [1.29, 1.82) is 0 Å². The van der Waals surface area contributed by atoms with Crippen molar-refractivity contribution in [1.82, 2.24) is 4.90 Å². The van der Waals surface area contributed by atoms with Crippen molar-refractivity contribution in [3.8, 4) is 0 Å². The number of hydrogen-bond donors (Lipinski definition) is 1. The zero-order valence-electron chi connectivity index (χ0n) is 11.2. The van der Waals surface area contributed by atoms with Crippen LogP contribution in [0.4, 0.5) is 13.2 Å². The Bertz CT molecular complexity index is 542. The van der Waals surface area contributed by atoms with Gasteiger partial charge in [0.1, 0.15) is 4.99 Å². The second-order valence-corrected chi connectivity index (χ2v) is 5.51. The van der Waals surface area contributed by atoms with Crippen LogP contribution in [0.25, 0.3) is 0 Å². The highest BCUT2D eigenvalue weighted by molar-refractivity contribution is 7.80. The highest BCUT2D eigenvalue weighted by atomic mass is 32.1. The Hall–Kier alpha value is -1.63. The lowest BCUT2D eigenvalue weighted by atomic mass is 9.97. The van der Waals surface area contributed by atoms with Gasteiger partial charge in [-0.1, -0.05) is 24.4 Å². The largest absolute Gasteiger partial charge is 0.393 e. The molecule has 1 amide bonds. The first-order chi connectivity index (χ1) is 9.79. The van der Waals surface area contributed by atoms with Gasteiger partial charge >= 0.3 is 6.18 Å². The average molecular weight is 316 g/mol. The minimum absolute atomic E-state index is 0.0770. The molecule has 114 valence electrons. The summed E-state index contributed by atoms with van der Waals surface area (Å²) in [6.07, 6.45) is -3.82. The van der Waals surface area contributed by atoms with E-state index in [-0.39, 0.29) is 18.0 Å². The summed E-state index contributed by atoms with van der Waals surface area (Å²) in [6.45, 7) is 0.0713. The lowest BCUT2D eigenvalue weighted by molar-refractivity contribution is -0.184. The molecule has 0 bridgehead atoms. The highest BCUT2D eigenvalue weighted by Crippen LogP contribution is 2.33. The zero-order chi connectivity index (χ0) is 15.6. The number of nitrogens with two attached hydrogens (primary N) is 1. The van der Waals surface area contributed by atoms with Crippen LogP contribution in [0, 0.1) is 5.92 Å². The van der Waals surface area contributed by atoms with Crippen LogP contribution in [0.15, 0.2) is 24.3 Å². The number of likely N-dealkylation sites (tertiary alicyclic amines) is 1. The van der Waals surface area contributed by atoms with Gasteiger partial charge in [0.05, 0.1) is 5.92 Å². The number of piperidine rings is 1. The first kappa shape index (κ1) is 15.8. The fourth-order valence-electron chi connectivity index (χ4n) is 2.39. The van der Waals surface area contributed by atoms with Crippen molar-refractivity contribution >= 4 is 23.1 Å². The van der Waals surface area contributed by atoms with Crippen molar-refractivity contribution in [3.63, 3.8) is 0 Å². The molecule has 0 spiro atoms. The maximum atomic E-state index is 12.8. The molecule has 2 N–H and O–H groups in total. The van der Waals surface area contributed by atoms with Crippen molar-refractivity contribution in [3.05, 3.63) is 35.4 Å². The van der Waals surface area contributed by atoms with Gasteiger partial charge in [-0.15, -0.1) is 0 Å². The molecule has 1 aliphatic heterocycles. The second kappa shape index (κ2) is 6.01. The molecule has 0 saturated carbocycles. The molecule has 0 radical (unpaired) electrons. The predicted octanol–water partition coefficient (Wildman–Crippen LogP) is 2.74. The SMILES string of the molecule is NC(=S)c1ccc(C(=O)N2CCCC(C(F)(F)F)C2)cc1. The minimum Gasteiger partial charge on any atom is -0.389 e. The van der Waals surface area contributed by atoms with Crippen molar-refractivity contribution in [2.75, 3.05) is 13.1 Å². The quantitative estimate of drug-likeness (QED) is 0.854. The van der Waals surface area contributed by atoms with Crippen molar-refractivity contribution in [2.24, 2.45) is 11.7 Å². The number of benzene rings is 1. The summed E-state index contributed by atoms with van der Waals surface area (Å²) in [5, 5.41) is 0. The van der Waals surface area contributed by atoms with Gasteiger partial charge in [-0.3, -0.25) is 4.79 Å². The van der Waals surface area contributed by atoms with Gasteiger partial charge in [0.2, 0.25) is 0 Å². The molecule has 21 heavy (non-hydrogen) atoms. The average Bonchev–Trinajstić information content (AvgIpc) is 2.46. The normalized spacial score (nSPS) is 19.4. The summed E-state index contributed by atoms with van der Waals surface area (Å²) in [6, 6.07) is 6.27. The molecule has 1 heterocycles. The molecule has 7 heteroatoms. The van der Waals surface area contributed by atoms with Crippen LogP contribution in [-0.2, 0) is 0 Å². The Morgan fingerprint density at radius 1 is 1.24 bits per heavy atom. The monoisotopic (exact) mass is 316 g/mol. The Labute approximate surface area is 125 Å². The number of thiocarbonyl (C=S) groups is 1. The van der Waals surface area contributed by atoms with E-state index in [0.717, 1.165) is 0 Å². The first-order valence-electron chi connectivity index (χ1n) is 6.55. The van der Waals surface area contributed by atoms with Crippen LogP contribution in [-0.4, -0.2) is 35.1 Å². The van der Waals surface area contributed by atoms with Gasteiger partial charge in [-0.2, -0.15) is 13.2 Å². The van der Waals surface area contributed by atoms with Gasteiger partial charge in [-0.05, 0) is 25.0 Å². The van der Waals surface area contributed by atoms with Gasteiger partial charge in [0.25, 0.3) is 5.91 Å². The van der Waals surface area contributed by atoms with Crippen molar-refractivity contribution in [2.45, 2.75) is 19.0 Å². The standard InChI is InChI=1S/C14H15F3N2OS/c15-14(16,17)11-2-1-7-19(8-11)13(20)10-5-3-9(4-6-10)12(18)21/h3-6,11H,1-2,7-8H2,(H2,18,21). The van der Waals surface area contributed by atoms with Crippen LogP contribution < -0.4 is 5.73 Å². The first-order valence-corrected chi connectivity index (χ1v) is 6.95. The summed E-state index contributed by atoms with van der Waals surface area (Å²) in [4.78, 5) is 13.7. The van der Waals surface area contributed by atoms with Crippen LogP contribution in [0.2, 0.25) is 0 Å². The van der Waals surface area contributed by atoms with Gasteiger partial charge in [0.15, 0.2) is 0 Å². The van der Waals surface area contributed by atoms with E-state index in [1.165, 1.54) is 17.0 Å². The topological polar surface area (TPSA) is 46.3 Å². The molecule has 1 atom stereocenters. The van der Waals surface area contributed by atoms with Crippen LogP contribution in [0.5, 0.6) is 0 Å². The minimum atomic E-state index is -4.26. The Kier molecular flexibility index (Phi) is 4.51. The molecule has 1 aromatic carbocycles. The van der Waals surface area contributed by atoms with Crippen LogP contribution >= 0.6 is 12.2 Å². The smallest absolute Gasteiger partial charge is 0.389 e. The van der Waals surface area contributed by atoms with Gasteiger partial charge in [0, 0.05) is 24.2 Å². The fourth-order valence-corrected chi connectivity index (χ4v) is 2.52. The van der Waals surface area contributed by atoms with Gasteiger partial charge in [-0.25, -0.2) is 0 Å². The van der Waals surface area contributed by atoms with Crippen LogP contribution in [0.3, 0.4) is 0 Å². The van der Waals surface area contributed by atoms with Gasteiger partial charge < -0.3 is 10.6 Å². The fraction of sp³-hybridized carbons (Fsp3) is 0.429. The number of nitrogens with zero attached hydrogens (tertiary/aromatic N) is 1. The number of carbonyl (C=O) groups is 1. The molecule has 0 aliphatic carbocycles. The maximum Gasteiger partial charge on any atom is 0.393 e. The van der Waals surface area contributed by atoms with E-state index in [0.29, 0.717) is 24.1 Å². The highest BCUT2D eigenvalue weighted by Gasteiger charge is 2.42.